The van der Waals surface area contributed by atoms with Crippen LogP contribution in [0.5, 0.6) is 11.5 Å². The Morgan fingerprint density at radius 2 is 1.78 bits per heavy atom. The third-order valence-electron chi connectivity index (χ3n) is 5.11. The fourth-order valence-corrected chi connectivity index (χ4v) is 4.45. The van der Waals surface area contributed by atoms with E-state index in [0.29, 0.717) is 45.9 Å². The molecular weight excluding hydrogens is 498 g/mol. The lowest BCUT2D eigenvalue weighted by Crippen LogP contribution is -2.12. The van der Waals surface area contributed by atoms with Gasteiger partial charge in [-0.25, -0.2) is 4.79 Å². The second kappa shape index (κ2) is 13.7. The third kappa shape index (κ3) is 7.35. The van der Waals surface area contributed by atoms with E-state index in [1.165, 1.54) is 17.4 Å². The zero-order valence-corrected chi connectivity index (χ0v) is 22.2. The first-order chi connectivity index (χ1) is 17.5. The van der Waals surface area contributed by atoms with E-state index in [4.69, 9.17) is 25.8 Å². The number of halogens is 1. The zero-order valence-electron chi connectivity index (χ0n) is 20.6. The molecule has 1 aromatic heterocycles. The number of carbonyl (C=O) groups is 2. The number of carbonyl (C=O) groups excluding carboxylic acids is 2. The average molecular weight is 528 g/mol. The molecule has 1 heterocycles. The molecule has 6 nitrogen and oxygen atoms in total. The summed E-state index contributed by atoms with van der Waals surface area (Å²) in [5.41, 5.74) is 2.59. The maximum atomic E-state index is 12.7. The van der Waals surface area contributed by atoms with Crippen molar-refractivity contribution in [1.82, 2.24) is 0 Å². The molecule has 1 amide bonds. The van der Waals surface area contributed by atoms with Crippen LogP contribution in [0.1, 0.15) is 49.5 Å². The predicted octanol–water partition coefficient (Wildman–Crippen LogP) is 7.47. The van der Waals surface area contributed by atoms with Crippen LogP contribution < -0.4 is 14.8 Å². The van der Waals surface area contributed by atoms with Gasteiger partial charge < -0.3 is 19.5 Å². The first kappa shape index (κ1) is 27.3. The molecule has 3 rings (SSSR count). The molecule has 190 valence electrons. The lowest BCUT2D eigenvalue weighted by molar-refractivity contribution is -0.111. The van der Waals surface area contributed by atoms with E-state index in [0.717, 1.165) is 24.0 Å². The van der Waals surface area contributed by atoms with E-state index < -0.39 is 5.97 Å². The van der Waals surface area contributed by atoms with E-state index in [-0.39, 0.29) is 12.5 Å². The summed E-state index contributed by atoms with van der Waals surface area (Å²) in [5.74, 6) is 0.445. The highest BCUT2D eigenvalue weighted by atomic mass is 35.5. The van der Waals surface area contributed by atoms with Crippen LogP contribution >= 0.6 is 22.9 Å². The fraction of sp³-hybridized carbons (Fsp3) is 0.286. The standard InChI is InChI=1S/C28H30ClNO5S/c1-4-7-16-35-23-14-8-19(17-24(23)33-5-2)9-15-25(31)30-27-26(28(32)34-6-3)22(18-36-27)20-10-12-21(29)13-11-20/h8-15,17-18H,4-7,16H2,1-3H3,(H,30,31)/b15-9+. The molecule has 3 aromatic rings. The number of rotatable bonds is 12. The highest BCUT2D eigenvalue weighted by molar-refractivity contribution is 7.15. The monoisotopic (exact) mass is 527 g/mol. The van der Waals surface area contributed by atoms with E-state index in [2.05, 4.69) is 12.2 Å². The van der Waals surface area contributed by atoms with Crippen molar-refractivity contribution in [2.45, 2.75) is 33.6 Å². The Morgan fingerprint density at radius 3 is 2.47 bits per heavy atom. The molecule has 36 heavy (non-hydrogen) atoms. The Bertz CT molecular complexity index is 1200. The number of anilines is 1. The van der Waals surface area contributed by atoms with Crippen molar-refractivity contribution < 1.29 is 23.8 Å². The van der Waals surface area contributed by atoms with Gasteiger partial charge in [0.1, 0.15) is 10.6 Å². The van der Waals surface area contributed by atoms with Crippen LogP contribution in [-0.2, 0) is 9.53 Å². The quantitative estimate of drug-likeness (QED) is 0.150. The van der Waals surface area contributed by atoms with Gasteiger partial charge in [0.25, 0.3) is 0 Å². The Morgan fingerprint density at radius 1 is 1.00 bits per heavy atom. The summed E-state index contributed by atoms with van der Waals surface area (Å²) >= 11 is 7.27. The second-order valence-electron chi connectivity index (χ2n) is 7.74. The molecule has 0 radical (unpaired) electrons. The predicted molar refractivity (Wildman–Crippen MR) is 146 cm³/mol. The molecule has 0 atom stereocenters. The Labute approximate surface area is 220 Å². The molecule has 1 N–H and O–H groups in total. The molecule has 0 saturated carbocycles. The van der Waals surface area contributed by atoms with E-state index in [1.54, 1.807) is 25.1 Å². The van der Waals surface area contributed by atoms with Crippen molar-refractivity contribution in [3.8, 4) is 22.6 Å². The highest BCUT2D eigenvalue weighted by Gasteiger charge is 2.22. The minimum Gasteiger partial charge on any atom is -0.490 e. The van der Waals surface area contributed by atoms with E-state index in [9.17, 15) is 9.59 Å². The minimum atomic E-state index is -0.497. The molecule has 0 bridgehead atoms. The number of ether oxygens (including phenoxy) is 3. The van der Waals surface area contributed by atoms with Crippen LogP contribution in [0.4, 0.5) is 5.00 Å². The van der Waals surface area contributed by atoms with Gasteiger partial charge in [0, 0.05) is 22.0 Å². The second-order valence-corrected chi connectivity index (χ2v) is 9.06. The molecule has 0 aliphatic heterocycles. The van der Waals surface area contributed by atoms with Crippen molar-refractivity contribution in [3.63, 3.8) is 0 Å². The van der Waals surface area contributed by atoms with Gasteiger partial charge >= 0.3 is 5.97 Å². The number of hydrogen-bond donors (Lipinski definition) is 1. The number of thiophene rings is 1. The van der Waals surface area contributed by atoms with Crippen LogP contribution in [0, 0.1) is 0 Å². The lowest BCUT2D eigenvalue weighted by Gasteiger charge is -2.12. The molecule has 8 heteroatoms. The largest absolute Gasteiger partial charge is 0.490 e. The minimum absolute atomic E-state index is 0.225. The average Bonchev–Trinajstić information content (AvgIpc) is 3.28. The van der Waals surface area contributed by atoms with Gasteiger partial charge in [0.15, 0.2) is 11.5 Å². The van der Waals surface area contributed by atoms with Crippen LogP contribution in [0.3, 0.4) is 0 Å². The highest BCUT2D eigenvalue weighted by Crippen LogP contribution is 2.37. The smallest absolute Gasteiger partial charge is 0.341 e. The lowest BCUT2D eigenvalue weighted by atomic mass is 10.0. The van der Waals surface area contributed by atoms with Gasteiger partial charge in [-0.05, 0) is 61.7 Å². The van der Waals surface area contributed by atoms with E-state index >= 15 is 0 Å². The molecule has 0 aliphatic rings. The molecule has 0 fully saturated rings. The summed E-state index contributed by atoms with van der Waals surface area (Å²) in [7, 11) is 0. The topological polar surface area (TPSA) is 73.9 Å². The first-order valence-electron chi connectivity index (χ1n) is 11.9. The van der Waals surface area contributed by atoms with Crippen molar-refractivity contribution in [3.05, 3.63) is 70.1 Å². The fourth-order valence-electron chi connectivity index (χ4n) is 3.37. The van der Waals surface area contributed by atoms with Crippen LogP contribution in [-0.4, -0.2) is 31.7 Å². The third-order valence-corrected chi connectivity index (χ3v) is 6.26. The maximum Gasteiger partial charge on any atom is 0.341 e. The Hall–Kier alpha value is -3.29. The van der Waals surface area contributed by atoms with E-state index in [1.807, 2.05) is 42.6 Å². The number of nitrogens with one attached hydrogen (secondary N) is 1. The summed E-state index contributed by atoms with van der Waals surface area (Å²) in [4.78, 5) is 25.5. The van der Waals surface area contributed by atoms with Crippen LogP contribution in [0.25, 0.3) is 17.2 Å². The number of esters is 1. The maximum absolute atomic E-state index is 12.7. The van der Waals surface area contributed by atoms with Gasteiger partial charge in [-0.2, -0.15) is 0 Å². The number of amides is 1. The van der Waals surface area contributed by atoms with Crippen molar-refractivity contribution in [2.24, 2.45) is 0 Å². The molecular formula is C28H30ClNO5S. The van der Waals surface area contributed by atoms with Gasteiger partial charge in [0.05, 0.1) is 19.8 Å². The normalized spacial score (nSPS) is 10.9. The summed E-state index contributed by atoms with van der Waals surface area (Å²) in [6, 6.07) is 12.7. The number of hydrogen-bond acceptors (Lipinski definition) is 6. The van der Waals surface area contributed by atoms with Gasteiger partial charge in [0.2, 0.25) is 5.91 Å². The van der Waals surface area contributed by atoms with Gasteiger partial charge in [-0.3, -0.25) is 4.79 Å². The molecule has 0 unspecified atom stereocenters. The molecule has 0 saturated heterocycles. The Balaban J connectivity index is 1.79. The van der Waals surface area contributed by atoms with Crippen molar-refractivity contribution >= 4 is 45.9 Å². The first-order valence-corrected chi connectivity index (χ1v) is 13.2. The van der Waals surface area contributed by atoms with Crippen molar-refractivity contribution in [1.29, 1.82) is 0 Å². The SMILES string of the molecule is CCCCOc1ccc(/C=C/C(=O)Nc2scc(-c3ccc(Cl)cc3)c2C(=O)OCC)cc1OCC. The summed E-state index contributed by atoms with van der Waals surface area (Å²) in [6.45, 7) is 7.10. The summed E-state index contributed by atoms with van der Waals surface area (Å²) < 4.78 is 16.8. The molecule has 2 aromatic carbocycles. The van der Waals surface area contributed by atoms with Crippen LogP contribution in [0.2, 0.25) is 5.02 Å². The number of unbranched alkanes of at least 4 members (excludes halogenated alkanes) is 1. The number of benzene rings is 2. The van der Waals surface area contributed by atoms with Crippen molar-refractivity contribution in [2.75, 3.05) is 25.1 Å². The summed E-state index contributed by atoms with van der Waals surface area (Å²) in [6.07, 6.45) is 5.11. The molecule has 0 spiro atoms. The molecule has 0 aliphatic carbocycles. The summed E-state index contributed by atoms with van der Waals surface area (Å²) in [5, 5.41) is 5.65. The van der Waals surface area contributed by atoms with Crippen LogP contribution in [0.15, 0.2) is 53.9 Å². The Kier molecular flexibility index (Phi) is 10.4. The van der Waals surface area contributed by atoms with Gasteiger partial charge in [-0.15, -0.1) is 11.3 Å². The van der Waals surface area contributed by atoms with Gasteiger partial charge in [-0.1, -0.05) is 43.1 Å². The zero-order chi connectivity index (χ0) is 25.9.